The van der Waals surface area contributed by atoms with E-state index in [1.165, 1.54) is 0 Å². The highest BCUT2D eigenvalue weighted by Gasteiger charge is 2.05. The molecule has 4 nitrogen and oxygen atoms in total. The standard InChI is InChI=1S/C11H12N4/c12-14-11(15-13)10-7-3-5-8-4-1-2-6-9(8)10/h1-7H,12-13H2,(H,14,15). The Morgan fingerprint density at radius 1 is 1.07 bits per heavy atom. The second-order valence-corrected chi connectivity index (χ2v) is 3.15. The minimum atomic E-state index is 0.479. The molecule has 2 rings (SSSR count). The lowest BCUT2D eigenvalue weighted by molar-refractivity contribution is 1.01. The molecular weight excluding hydrogens is 188 g/mol. The number of hydrazine groups is 1. The van der Waals surface area contributed by atoms with Gasteiger partial charge >= 0.3 is 0 Å². The number of hydrazone groups is 1. The zero-order valence-corrected chi connectivity index (χ0v) is 8.14. The molecule has 2 aromatic carbocycles. The third-order valence-electron chi connectivity index (χ3n) is 2.31. The molecule has 0 spiro atoms. The van der Waals surface area contributed by atoms with E-state index in [1.54, 1.807) is 0 Å². The molecule has 4 heteroatoms. The van der Waals surface area contributed by atoms with Gasteiger partial charge in [0.15, 0.2) is 5.84 Å². The van der Waals surface area contributed by atoms with Crippen LogP contribution in [-0.2, 0) is 0 Å². The van der Waals surface area contributed by atoms with E-state index in [0.717, 1.165) is 16.3 Å². The van der Waals surface area contributed by atoms with Crippen molar-refractivity contribution in [3.63, 3.8) is 0 Å². The molecular formula is C11H12N4. The van der Waals surface area contributed by atoms with Crippen molar-refractivity contribution in [3.05, 3.63) is 48.0 Å². The average Bonchev–Trinajstić information content (AvgIpc) is 2.31. The van der Waals surface area contributed by atoms with Crippen molar-refractivity contribution in [1.82, 2.24) is 5.43 Å². The number of benzene rings is 2. The third kappa shape index (κ3) is 1.62. The first-order valence-electron chi connectivity index (χ1n) is 4.59. The average molecular weight is 200 g/mol. The summed E-state index contributed by atoms with van der Waals surface area (Å²) in [6.07, 6.45) is 0. The number of rotatable bonds is 1. The number of nitrogens with one attached hydrogen (secondary N) is 1. The molecule has 0 atom stereocenters. The molecule has 0 unspecified atom stereocenters. The Balaban J connectivity index is 2.71. The van der Waals surface area contributed by atoms with Gasteiger partial charge in [-0.15, -0.1) is 0 Å². The number of fused-ring (bicyclic) bond motifs is 1. The SMILES string of the molecule is NN=C(NN)c1cccc2ccccc12. The van der Waals surface area contributed by atoms with Crippen molar-refractivity contribution in [3.8, 4) is 0 Å². The fourth-order valence-electron chi connectivity index (χ4n) is 1.62. The summed E-state index contributed by atoms with van der Waals surface area (Å²) in [7, 11) is 0. The van der Waals surface area contributed by atoms with Crippen molar-refractivity contribution >= 4 is 16.6 Å². The highest BCUT2D eigenvalue weighted by atomic mass is 15.3. The molecule has 0 bridgehead atoms. The first kappa shape index (κ1) is 9.48. The summed E-state index contributed by atoms with van der Waals surface area (Å²) in [5.41, 5.74) is 3.39. The second kappa shape index (κ2) is 3.98. The van der Waals surface area contributed by atoms with E-state index < -0.39 is 0 Å². The summed E-state index contributed by atoms with van der Waals surface area (Å²) >= 11 is 0. The monoisotopic (exact) mass is 200 g/mol. The fraction of sp³-hybridized carbons (Fsp3) is 0. The van der Waals surface area contributed by atoms with Crippen molar-refractivity contribution in [2.45, 2.75) is 0 Å². The summed E-state index contributed by atoms with van der Waals surface area (Å²) in [4.78, 5) is 0. The van der Waals surface area contributed by atoms with E-state index in [9.17, 15) is 0 Å². The molecule has 0 saturated carbocycles. The highest BCUT2D eigenvalue weighted by molar-refractivity contribution is 6.09. The number of nitrogens with zero attached hydrogens (tertiary/aromatic N) is 1. The Hall–Kier alpha value is -2.07. The molecule has 2 aromatic rings. The first-order chi connectivity index (χ1) is 7.36. The third-order valence-corrected chi connectivity index (χ3v) is 2.31. The summed E-state index contributed by atoms with van der Waals surface area (Å²) < 4.78 is 0. The predicted octanol–water partition coefficient (Wildman–Crippen LogP) is 0.923. The van der Waals surface area contributed by atoms with Crippen LogP contribution in [0.15, 0.2) is 47.6 Å². The number of hydrogen-bond donors (Lipinski definition) is 3. The maximum atomic E-state index is 5.35. The first-order valence-corrected chi connectivity index (χ1v) is 4.59. The van der Waals surface area contributed by atoms with Gasteiger partial charge in [-0.1, -0.05) is 42.5 Å². The molecule has 0 amide bonds. The zero-order chi connectivity index (χ0) is 10.7. The maximum absolute atomic E-state index is 5.35. The molecule has 0 fully saturated rings. The van der Waals surface area contributed by atoms with Crippen LogP contribution < -0.4 is 17.1 Å². The van der Waals surface area contributed by atoms with E-state index in [0.29, 0.717) is 5.84 Å². The van der Waals surface area contributed by atoms with E-state index in [-0.39, 0.29) is 0 Å². The number of amidine groups is 1. The van der Waals surface area contributed by atoms with Gasteiger partial charge < -0.3 is 11.3 Å². The Morgan fingerprint density at radius 3 is 2.53 bits per heavy atom. The smallest absolute Gasteiger partial charge is 0.167 e. The lowest BCUT2D eigenvalue weighted by atomic mass is 10.0. The van der Waals surface area contributed by atoms with E-state index in [4.69, 9.17) is 11.7 Å². The van der Waals surface area contributed by atoms with Crippen LogP contribution in [0.2, 0.25) is 0 Å². The van der Waals surface area contributed by atoms with Gasteiger partial charge in [-0.2, -0.15) is 5.10 Å². The van der Waals surface area contributed by atoms with Gasteiger partial charge in [-0.3, -0.25) is 0 Å². The lowest BCUT2D eigenvalue weighted by Crippen LogP contribution is -2.32. The Morgan fingerprint density at radius 2 is 1.80 bits per heavy atom. The molecule has 76 valence electrons. The molecule has 0 radical (unpaired) electrons. The second-order valence-electron chi connectivity index (χ2n) is 3.15. The minimum absolute atomic E-state index is 0.479. The van der Waals surface area contributed by atoms with E-state index in [2.05, 4.69) is 10.5 Å². The molecule has 0 heterocycles. The van der Waals surface area contributed by atoms with Crippen LogP contribution in [0.1, 0.15) is 5.56 Å². The van der Waals surface area contributed by atoms with Crippen LogP contribution in [0.25, 0.3) is 10.8 Å². The number of hydrogen-bond acceptors (Lipinski definition) is 3. The van der Waals surface area contributed by atoms with Gasteiger partial charge in [0.25, 0.3) is 0 Å². The van der Waals surface area contributed by atoms with Gasteiger partial charge in [-0.05, 0) is 10.8 Å². The van der Waals surface area contributed by atoms with Gasteiger partial charge in [0.05, 0.1) is 0 Å². The van der Waals surface area contributed by atoms with E-state index in [1.807, 2.05) is 42.5 Å². The largest absolute Gasteiger partial charge is 0.321 e. The molecule has 0 aliphatic rings. The van der Waals surface area contributed by atoms with Gasteiger partial charge in [0.2, 0.25) is 0 Å². The molecule has 0 saturated heterocycles. The van der Waals surface area contributed by atoms with Crippen LogP contribution in [0.4, 0.5) is 0 Å². The quantitative estimate of drug-likeness (QED) is 0.277. The fourth-order valence-corrected chi connectivity index (χ4v) is 1.62. The van der Waals surface area contributed by atoms with Crippen LogP contribution in [0.3, 0.4) is 0 Å². The Labute approximate surface area is 87.5 Å². The molecule has 0 aliphatic carbocycles. The van der Waals surface area contributed by atoms with Gasteiger partial charge in [0.1, 0.15) is 0 Å². The minimum Gasteiger partial charge on any atom is -0.321 e. The molecule has 0 aromatic heterocycles. The predicted molar refractivity (Wildman–Crippen MR) is 62.0 cm³/mol. The maximum Gasteiger partial charge on any atom is 0.167 e. The molecule has 15 heavy (non-hydrogen) atoms. The lowest BCUT2D eigenvalue weighted by Gasteiger charge is -2.07. The normalized spacial score (nSPS) is 11.7. The molecule has 5 N–H and O–H groups in total. The highest BCUT2D eigenvalue weighted by Crippen LogP contribution is 2.18. The van der Waals surface area contributed by atoms with Crippen molar-refractivity contribution in [2.24, 2.45) is 16.8 Å². The Bertz CT molecular complexity index is 499. The summed E-state index contributed by atoms with van der Waals surface area (Å²) in [6.45, 7) is 0. The van der Waals surface area contributed by atoms with Crippen molar-refractivity contribution in [2.75, 3.05) is 0 Å². The summed E-state index contributed by atoms with van der Waals surface area (Å²) in [5, 5.41) is 5.81. The summed E-state index contributed by atoms with van der Waals surface area (Å²) in [6, 6.07) is 13.9. The Kier molecular flexibility index (Phi) is 2.51. The van der Waals surface area contributed by atoms with Crippen LogP contribution in [0.5, 0.6) is 0 Å². The van der Waals surface area contributed by atoms with Crippen LogP contribution >= 0.6 is 0 Å². The van der Waals surface area contributed by atoms with Gasteiger partial charge in [0, 0.05) is 5.56 Å². The van der Waals surface area contributed by atoms with E-state index >= 15 is 0 Å². The number of nitrogens with two attached hydrogens (primary N) is 2. The van der Waals surface area contributed by atoms with Gasteiger partial charge in [-0.25, -0.2) is 5.84 Å². The summed E-state index contributed by atoms with van der Waals surface area (Å²) in [5.74, 6) is 11.1. The van der Waals surface area contributed by atoms with Crippen LogP contribution in [-0.4, -0.2) is 5.84 Å². The molecule has 0 aliphatic heterocycles. The van der Waals surface area contributed by atoms with Crippen LogP contribution in [0, 0.1) is 0 Å². The van der Waals surface area contributed by atoms with Crippen molar-refractivity contribution in [1.29, 1.82) is 0 Å². The zero-order valence-electron chi connectivity index (χ0n) is 8.14. The topological polar surface area (TPSA) is 76.4 Å². The van der Waals surface area contributed by atoms with Crippen molar-refractivity contribution < 1.29 is 0 Å².